The van der Waals surface area contributed by atoms with Gasteiger partial charge in [-0.2, -0.15) is 0 Å². The average molecular weight is 410 g/mol. The lowest BCUT2D eigenvalue weighted by Gasteiger charge is -2.15. The van der Waals surface area contributed by atoms with Crippen LogP contribution >= 0.6 is 23.4 Å². The monoisotopic (exact) mass is 409 g/mol. The Balaban J connectivity index is 2.08. The number of hydrogen-bond donors (Lipinski definition) is 2. The molecule has 0 aliphatic rings. The number of nitrogens with one attached hydrogen (secondary N) is 1. The minimum absolute atomic E-state index is 0.139. The number of benzene rings is 1. The van der Waals surface area contributed by atoms with E-state index in [0.29, 0.717) is 40.6 Å². The number of halogens is 1. The fraction of sp³-hybridized carbons (Fsp3) is 0.444. The molecule has 0 saturated heterocycles. The number of aryl methyl sites for hydroxylation is 1. The highest BCUT2D eigenvalue weighted by atomic mass is 35.5. The Bertz CT molecular complexity index is 792. The normalized spacial score (nSPS) is 12.2. The minimum Gasteiger partial charge on any atom is -0.370 e. The van der Waals surface area contributed by atoms with Gasteiger partial charge in [0.2, 0.25) is 11.8 Å². The molecule has 0 aliphatic heterocycles. The van der Waals surface area contributed by atoms with Crippen LogP contribution in [0.15, 0.2) is 29.4 Å². The molecule has 1 aromatic carbocycles. The van der Waals surface area contributed by atoms with Crippen LogP contribution in [0.5, 0.6) is 0 Å². The summed E-state index contributed by atoms with van der Waals surface area (Å²) in [6.07, 6.45) is 0.647. The fourth-order valence-electron chi connectivity index (χ4n) is 2.36. The van der Waals surface area contributed by atoms with Gasteiger partial charge in [0, 0.05) is 30.1 Å². The van der Waals surface area contributed by atoms with Crippen molar-refractivity contribution >= 4 is 40.9 Å². The van der Waals surface area contributed by atoms with Crippen molar-refractivity contribution in [2.24, 2.45) is 11.7 Å². The molecule has 0 spiro atoms. The van der Waals surface area contributed by atoms with Crippen LogP contribution in [0.3, 0.4) is 0 Å². The topological polar surface area (TPSA) is 103 Å². The van der Waals surface area contributed by atoms with E-state index >= 15 is 0 Å². The maximum Gasteiger partial charge on any atom is 0.237 e. The number of carbonyl (C=O) groups excluding carboxylic acids is 2. The van der Waals surface area contributed by atoms with Crippen molar-refractivity contribution in [3.8, 4) is 0 Å². The number of carbonyl (C=O) groups is 2. The van der Waals surface area contributed by atoms with E-state index in [1.807, 2.05) is 11.5 Å². The number of rotatable bonds is 9. The molecule has 1 heterocycles. The lowest BCUT2D eigenvalue weighted by Crippen LogP contribution is -2.23. The van der Waals surface area contributed by atoms with Crippen LogP contribution in [0.25, 0.3) is 0 Å². The number of nitrogens with two attached hydrogens (primary N) is 1. The molecule has 0 bridgehead atoms. The van der Waals surface area contributed by atoms with E-state index in [0.717, 1.165) is 0 Å². The van der Waals surface area contributed by atoms with Gasteiger partial charge in [0.05, 0.1) is 5.25 Å². The van der Waals surface area contributed by atoms with Crippen molar-refractivity contribution in [2.75, 3.05) is 5.32 Å². The van der Waals surface area contributed by atoms with Crippen molar-refractivity contribution in [3.05, 3.63) is 35.1 Å². The summed E-state index contributed by atoms with van der Waals surface area (Å²) in [4.78, 5) is 23.5. The summed E-state index contributed by atoms with van der Waals surface area (Å²) in [5, 5.41) is 12.2. The van der Waals surface area contributed by atoms with Crippen LogP contribution in [0.4, 0.5) is 5.69 Å². The van der Waals surface area contributed by atoms with Gasteiger partial charge in [0.15, 0.2) is 5.16 Å². The smallest absolute Gasteiger partial charge is 0.237 e. The molecule has 9 heteroatoms. The third kappa shape index (κ3) is 6.55. The van der Waals surface area contributed by atoms with Crippen molar-refractivity contribution in [3.63, 3.8) is 0 Å². The molecule has 1 atom stereocenters. The molecule has 0 radical (unpaired) electrons. The van der Waals surface area contributed by atoms with Crippen LogP contribution in [0, 0.1) is 5.92 Å². The highest BCUT2D eigenvalue weighted by Crippen LogP contribution is 2.25. The number of hydrogen-bond acceptors (Lipinski definition) is 5. The maximum absolute atomic E-state index is 12.5. The Morgan fingerprint density at radius 1 is 1.22 bits per heavy atom. The predicted octanol–water partition coefficient (Wildman–Crippen LogP) is 3.12. The molecule has 2 amide bonds. The van der Waals surface area contributed by atoms with Crippen molar-refractivity contribution in [1.29, 1.82) is 0 Å². The first-order valence-electron chi connectivity index (χ1n) is 8.69. The first-order chi connectivity index (χ1) is 12.8. The Morgan fingerprint density at radius 2 is 1.89 bits per heavy atom. The van der Waals surface area contributed by atoms with Gasteiger partial charge in [-0.05, 0) is 37.1 Å². The second kappa shape index (κ2) is 9.75. The number of anilines is 1. The van der Waals surface area contributed by atoms with Crippen molar-refractivity contribution < 1.29 is 9.59 Å². The maximum atomic E-state index is 12.5. The van der Waals surface area contributed by atoms with Gasteiger partial charge in [-0.3, -0.25) is 9.59 Å². The quantitative estimate of drug-likeness (QED) is 0.619. The van der Waals surface area contributed by atoms with Gasteiger partial charge in [-0.1, -0.05) is 37.2 Å². The molecule has 1 aromatic heterocycles. The molecule has 0 unspecified atom stereocenters. The number of primary amides is 1. The molecule has 0 fully saturated rings. The molecular formula is C18H24ClN5O2S. The highest BCUT2D eigenvalue weighted by Gasteiger charge is 2.21. The molecule has 7 nitrogen and oxygen atoms in total. The first kappa shape index (κ1) is 21.2. The summed E-state index contributed by atoms with van der Waals surface area (Å²) in [6, 6.07) is 6.94. The molecule has 27 heavy (non-hydrogen) atoms. The summed E-state index contributed by atoms with van der Waals surface area (Å²) in [6.45, 7) is 6.69. The Hall–Kier alpha value is -2.06. The van der Waals surface area contributed by atoms with E-state index < -0.39 is 0 Å². The van der Waals surface area contributed by atoms with Crippen LogP contribution in [0.1, 0.15) is 33.0 Å². The Labute approximate surface area is 168 Å². The minimum atomic E-state index is -0.376. The predicted molar refractivity (Wildman–Crippen MR) is 108 cm³/mol. The van der Waals surface area contributed by atoms with Gasteiger partial charge in [0.25, 0.3) is 0 Å². The molecule has 2 rings (SSSR count). The fourth-order valence-corrected chi connectivity index (χ4v) is 3.37. The standard InChI is InChI=1S/C18H24ClN5O2S/c1-11(2)10-24-16(9-8-15(20)25)22-23-18(24)27-12(3)17(26)21-14-6-4-13(19)5-7-14/h4-7,11-12H,8-10H2,1-3H3,(H2,20,25)(H,21,26)/t12-/m0/s1. The summed E-state index contributed by atoms with van der Waals surface area (Å²) >= 11 is 7.19. The summed E-state index contributed by atoms with van der Waals surface area (Å²) in [5.41, 5.74) is 5.92. The second-order valence-electron chi connectivity index (χ2n) is 6.63. The van der Waals surface area contributed by atoms with E-state index in [4.69, 9.17) is 17.3 Å². The van der Waals surface area contributed by atoms with E-state index in [-0.39, 0.29) is 23.5 Å². The van der Waals surface area contributed by atoms with E-state index in [1.54, 1.807) is 24.3 Å². The van der Waals surface area contributed by atoms with Gasteiger partial charge < -0.3 is 15.6 Å². The SMILES string of the molecule is CC(C)Cn1c(CCC(N)=O)nnc1S[C@@H](C)C(=O)Nc1ccc(Cl)cc1. The van der Waals surface area contributed by atoms with Gasteiger partial charge in [-0.25, -0.2) is 0 Å². The summed E-state index contributed by atoms with van der Waals surface area (Å²) in [5.74, 6) is 0.556. The lowest BCUT2D eigenvalue weighted by molar-refractivity contribution is -0.118. The van der Waals surface area contributed by atoms with Crippen LogP contribution in [-0.2, 0) is 22.6 Å². The van der Waals surface area contributed by atoms with Crippen molar-refractivity contribution in [2.45, 2.75) is 50.6 Å². The Morgan fingerprint density at radius 3 is 2.48 bits per heavy atom. The first-order valence-corrected chi connectivity index (χ1v) is 9.95. The molecule has 2 aromatic rings. The van der Waals surface area contributed by atoms with Crippen LogP contribution in [0.2, 0.25) is 5.02 Å². The van der Waals surface area contributed by atoms with E-state index in [1.165, 1.54) is 11.8 Å². The highest BCUT2D eigenvalue weighted by molar-refractivity contribution is 8.00. The number of aromatic nitrogens is 3. The third-order valence-corrected chi connectivity index (χ3v) is 5.03. The second-order valence-corrected chi connectivity index (χ2v) is 8.37. The number of amides is 2. The van der Waals surface area contributed by atoms with Gasteiger partial charge in [-0.15, -0.1) is 10.2 Å². The third-order valence-electron chi connectivity index (χ3n) is 3.70. The molecule has 3 N–H and O–H groups in total. The number of thioether (sulfide) groups is 1. The summed E-state index contributed by atoms with van der Waals surface area (Å²) < 4.78 is 1.96. The zero-order valence-electron chi connectivity index (χ0n) is 15.6. The molecule has 0 aliphatic carbocycles. The molecule has 0 saturated carbocycles. The van der Waals surface area contributed by atoms with Crippen molar-refractivity contribution in [1.82, 2.24) is 14.8 Å². The average Bonchev–Trinajstić information content (AvgIpc) is 2.96. The number of nitrogens with zero attached hydrogens (tertiary/aromatic N) is 3. The van der Waals surface area contributed by atoms with E-state index in [2.05, 4.69) is 29.4 Å². The Kier molecular flexibility index (Phi) is 7.67. The molecule has 146 valence electrons. The van der Waals surface area contributed by atoms with E-state index in [9.17, 15) is 9.59 Å². The zero-order valence-corrected chi connectivity index (χ0v) is 17.2. The van der Waals surface area contributed by atoms with Gasteiger partial charge in [0.1, 0.15) is 5.82 Å². The van der Waals surface area contributed by atoms with Crippen LogP contribution < -0.4 is 11.1 Å². The molecular weight excluding hydrogens is 386 g/mol. The van der Waals surface area contributed by atoms with Gasteiger partial charge >= 0.3 is 0 Å². The summed E-state index contributed by atoms with van der Waals surface area (Å²) in [7, 11) is 0. The zero-order chi connectivity index (χ0) is 20.0. The lowest BCUT2D eigenvalue weighted by atomic mass is 10.2. The largest absolute Gasteiger partial charge is 0.370 e. The van der Waals surface area contributed by atoms with Crippen LogP contribution in [-0.4, -0.2) is 31.8 Å².